The highest BCUT2D eigenvalue weighted by Crippen LogP contribution is 2.33. The summed E-state index contributed by atoms with van der Waals surface area (Å²) in [5.41, 5.74) is 2.45. The van der Waals surface area contributed by atoms with E-state index in [1.807, 2.05) is 24.3 Å². The van der Waals surface area contributed by atoms with Crippen molar-refractivity contribution in [2.75, 3.05) is 6.79 Å². The molecule has 23 heavy (non-hydrogen) atoms. The molecule has 1 aliphatic rings. The molecule has 0 unspecified atom stereocenters. The molecule has 0 aliphatic carbocycles. The van der Waals surface area contributed by atoms with E-state index in [9.17, 15) is 5.11 Å². The van der Waals surface area contributed by atoms with Gasteiger partial charge in [-0.3, -0.25) is 4.99 Å². The number of nitrogens with one attached hydrogen (secondary N) is 1. The summed E-state index contributed by atoms with van der Waals surface area (Å²) in [6, 6.07) is 11.1. The van der Waals surface area contributed by atoms with E-state index in [2.05, 4.69) is 9.98 Å². The number of aromatic nitrogens is 1. The van der Waals surface area contributed by atoms with Crippen LogP contribution in [0.3, 0.4) is 0 Å². The van der Waals surface area contributed by atoms with Gasteiger partial charge in [0.15, 0.2) is 17.4 Å². The molecule has 6 heteroatoms. The molecule has 1 aliphatic heterocycles. The predicted molar refractivity (Wildman–Crippen MR) is 88.8 cm³/mol. The van der Waals surface area contributed by atoms with Crippen LogP contribution in [0.4, 0.5) is 0 Å². The Morgan fingerprint density at radius 2 is 2.04 bits per heavy atom. The first-order chi connectivity index (χ1) is 11.2. The van der Waals surface area contributed by atoms with Crippen molar-refractivity contribution in [2.24, 2.45) is 4.99 Å². The van der Waals surface area contributed by atoms with E-state index in [1.165, 1.54) is 0 Å². The molecule has 0 atom stereocenters. The third-order valence-corrected chi connectivity index (χ3v) is 3.95. The first kappa shape index (κ1) is 14.0. The molecule has 0 saturated carbocycles. The van der Waals surface area contributed by atoms with Crippen LogP contribution in [-0.4, -0.2) is 23.1 Å². The van der Waals surface area contributed by atoms with E-state index < -0.39 is 0 Å². The highest BCUT2D eigenvalue weighted by Gasteiger charge is 2.13. The van der Waals surface area contributed by atoms with Crippen molar-refractivity contribution in [3.05, 3.63) is 52.5 Å². The normalized spacial score (nSPS) is 13.3. The van der Waals surface area contributed by atoms with Gasteiger partial charge < -0.3 is 19.6 Å². The van der Waals surface area contributed by atoms with E-state index >= 15 is 0 Å². The van der Waals surface area contributed by atoms with Gasteiger partial charge in [0, 0.05) is 22.1 Å². The van der Waals surface area contributed by atoms with Crippen LogP contribution >= 0.6 is 11.6 Å². The molecule has 116 valence electrons. The van der Waals surface area contributed by atoms with Crippen LogP contribution < -0.4 is 9.47 Å². The number of H-pyrrole nitrogens is 1. The third-order valence-electron chi connectivity index (χ3n) is 3.71. The molecule has 2 aromatic carbocycles. The van der Waals surface area contributed by atoms with Gasteiger partial charge in [-0.1, -0.05) is 17.7 Å². The molecule has 0 spiro atoms. The van der Waals surface area contributed by atoms with Crippen LogP contribution in [0.15, 0.2) is 41.4 Å². The molecule has 1 aromatic heterocycles. The minimum atomic E-state index is 0.0803. The lowest BCUT2D eigenvalue weighted by Gasteiger charge is -1.99. The maximum absolute atomic E-state index is 10.0. The van der Waals surface area contributed by atoms with Crippen LogP contribution in [0, 0.1) is 0 Å². The second-order valence-corrected chi connectivity index (χ2v) is 5.67. The van der Waals surface area contributed by atoms with Crippen LogP contribution in [0.2, 0.25) is 5.02 Å². The van der Waals surface area contributed by atoms with Gasteiger partial charge in [0.25, 0.3) is 0 Å². The zero-order chi connectivity index (χ0) is 15.8. The van der Waals surface area contributed by atoms with Crippen molar-refractivity contribution in [3.8, 4) is 17.4 Å². The minimum absolute atomic E-state index is 0.0803. The van der Waals surface area contributed by atoms with Crippen molar-refractivity contribution in [3.63, 3.8) is 0 Å². The Labute approximate surface area is 137 Å². The standard InChI is InChI=1S/C17H13ClN2O3/c18-11-2-3-14-12(6-11)13(17(21)20-14)8-19-7-10-1-4-15-16(5-10)23-9-22-15/h1-6,8,20-21H,7,9H2. The van der Waals surface area contributed by atoms with Gasteiger partial charge in [0.2, 0.25) is 6.79 Å². The molecule has 3 aromatic rings. The number of fused-ring (bicyclic) bond motifs is 2. The monoisotopic (exact) mass is 328 g/mol. The van der Waals surface area contributed by atoms with Gasteiger partial charge in [-0.15, -0.1) is 0 Å². The fourth-order valence-corrected chi connectivity index (χ4v) is 2.76. The summed E-state index contributed by atoms with van der Waals surface area (Å²) in [6.45, 7) is 0.731. The first-order valence-electron chi connectivity index (χ1n) is 7.09. The summed E-state index contributed by atoms with van der Waals surface area (Å²) in [4.78, 5) is 7.31. The lowest BCUT2D eigenvalue weighted by Crippen LogP contribution is -1.92. The van der Waals surface area contributed by atoms with E-state index in [-0.39, 0.29) is 12.7 Å². The maximum Gasteiger partial charge on any atom is 0.231 e. The zero-order valence-corrected chi connectivity index (χ0v) is 12.8. The number of ether oxygens (including phenoxy) is 2. The summed E-state index contributed by atoms with van der Waals surface area (Å²) in [6.07, 6.45) is 1.65. The third kappa shape index (κ3) is 2.59. The summed E-state index contributed by atoms with van der Waals surface area (Å²) >= 11 is 6.02. The highest BCUT2D eigenvalue weighted by atomic mass is 35.5. The van der Waals surface area contributed by atoms with E-state index in [0.29, 0.717) is 17.1 Å². The van der Waals surface area contributed by atoms with Crippen molar-refractivity contribution in [1.82, 2.24) is 4.98 Å². The number of hydrogen-bond donors (Lipinski definition) is 2. The SMILES string of the molecule is Oc1[nH]c2ccc(Cl)cc2c1C=NCc1ccc2c(c1)OCO2. The van der Waals surface area contributed by atoms with Crippen LogP contribution in [0.1, 0.15) is 11.1 Å². The average molecular weight is 329 g/mol. The number of aliphatic imine (C=N–C) groups is 1. The molecule has 4 rings (SSSR count). The lowest BCUT2D eigenvalue weighted by molar-refractivity contribution is 0.174. The second kappa shape index (κ2) is 5.52. The number of aromatic amines is 1. The highest BCUT2D eigenvalue weighted by molar-refractivity contribution is 6.31. The van der Waals surface area contributed by atoms with Crippen molar-refractivity contribution >= 4 is 28.7 Å². The van der Waals surface area contributed by atoms with E-state index in [4.69, 9.17) is 21.1 Å². The molecule has 5 nitrogen and oxygen atoms in total. The number of benzene rings is 2. The van der Waals surface area contributed by atoms with Crippen molar-refractivity contribution in [2.45, 2.75) is 6.54 Å². The van der Waals surface area contributed by atoms with Crippen molar-refractivity contribution in [1.29, 1.82) is 0 Å². The van der Waals surface area contributed by atoms with Gasteiger partial charge in [0.1, 0.15) is 0 Å². The molecule has 2 N–H and O–H groups in total. The topological polar surface area (TPSA) is 66.8 Å². The van der Waals surface area contributed by atoms with E-state index in [1.54, 1.807) is 18.3 Å². The Bertz CT molecular complexity index is 918. The molecule has 0 fully saturated rings. The van der Waals surface area contributed by atoms with Crippen molar-refractivity contribution < 1.29 is 14.6 Å². The number of nitrogens with zero attached hydrogens (tertiary/aromatic N) is 1. The molecule has 0 radical (unpaired) electrons. The summed E-state index contributed by atoms with van der Waals surface area (Å²) in [5.74, 6) is 1.57. The molecule has 0 bridgehead atoms. The van der Waals surface area contributed by atoms with E-state index in [0.717, 1.165) is 28.0 Å². The molecule has 0 saturated heterocycles. The summed E-state index contributed by atoms with van der Waals surface area (Å²) in [5, 5.41) is 11.5. The Balaban J connectivity index is 1.59. The minimum Gasteiger partial charge on any atom is -0.494 e. The predicted octanol–water partition coefficient (Wildman–Crippen LogP) is 3.87. The molecular weight excluding hydrogens is 316 g/mol. The summed E-state index contributed by atoms with van der Waals surface area (Å²) < 4.78 is 10.6. The Morgan fingerprint density at radius 1 is 1.17 bits per heavy atom. The van der Waals surface area contributed by atoms with Gasteiger partial charge in [-0.05, 0) is 35.9 Å². The maximum atomic E-state index is 10.0. The Kier molecular flexibility index (Phi) is 3.35. The number of aromatic hydroxyl groups is 1. The smallest absolute Gasteiger partial charge is 0.231 e. The van der Waals surface area contributed by atoms with Gasteiger partial charge >= 0.3 is 0 Å². The van der Waals surface area contributed by atoms with Crippen LogP contribution in [0.5, 0.6) is 17.4 Å². The van der Waals surface area contributed by atoms with Crippen LogP contribution in [0.25, 0.3) is 10.9 Å². The lowest BCUT2D eigenvalue weighted by atomic mass is 10.2. The van der Waals surface area contributed by atoms with Gasteiger partial charge in [-0.25, -0.2) is 0 Å². The molecular formula is C17H13ClN2O3. The average Bonchev–Trinajstić information content (AvgIpc) is 3.12. The Morgan fingerprint density at radius 3 is 2.96 bits per heavy atom. The zero-order valence-electron chi connectivity index (χ0n) is 12.0. The quantitative estimate of drug-likeness (QED) is 0.717. The molecule has 2 heterocycles. The molecule has 0 amide bonds. The number of rotatable bonds is 3. The van der Waals surface area contributed by atoms with Gasteiger partial charge in [-0.2, -0.15) is 0 Å². The van der Waals surface area contributed by atoms with Gasteiger partial charge in [0.05, 0.1) is 12.1 Å². The summed E-state index contributed by atoms with van der Waals surface area (Å²) in [7, 11) is 0. The Hall–Kier alpha value is -2.66. The largest absolute Gasteiger partial charge is 0.494 e. The van der Waals surface area contributed by atoms with Crippen LogP contribution in [-0.2, 0) is 6.54 Å². The second-order valence-electron chi connectivity index (χ2n) is 5.23. The number of halogens is 1. The number of hydrogen-bond acceptors (Lipinski definition) is 4. The first-order valence-corrected chi connectivity index (χ1v) is 7.47. The fraction of sp³-hybridized carbons (Fsp3) is 0.118. The fourth-order valence-electron chi connectivity index (χ4n) is 2.58.